The van der Waals surface area contributed by atoms with E-state index in [-0.39, 0.29) is 23.6 Å². The Morgan fingerprint density at radius 3 is 2.41 bits per heavy atom. The van der Waals surface area contributed by atoms with Crippen LogP contribution >= 0.6 is 11.3 Å². The summed E-state index contributed by atoms with van der Waals surface area (Å²) in [5.41, 5.74) is 5.74. The van der Waals surface area contributed by atoms with Gasteiger partial charge in [-0.15, -0.1) is 0 Å². The standard InChI is InChI=1S/C19H20N4O5S/c1-26-13-9-8-11(16(27-2)17(13)28-3)18(25)23-22-15(24)10-20-19-21-12-6-4-5-7-14(12)29-19/h4-9H,10H2,1-3H3,(H,20,21)(H,22,24)(H,23,25). The fourth-order valence-corrected chi connectivity index (χ4v) is 3.48. The monoisotopic (exact) mass is 416 g/mol. The van der Waals surface area contributed by atoms with E-state index in [1.165, 1.54) is 38.7 Å². The largest absolute Gasteiger partial charge is 0.493 e. The van der Waals surface area contributed by atoms with Gasteiger partial charge in [0.2, 0.25) is 5.75 Å². The predicted molar refractivity (Wildman–Crippen MR) is 110 cm³/mol. The Morgan fingerprint density at radius 1 is 0.966 bits per heavy atom. The number of ether oxygens (including phenoxy) is 3. The number of carbonyl (C=O) groups is 2. The molecule has 0 atom stereocenters. The van der Waals surface area contributed by atoms with Crippen molar-refractivity contribution in [3.63, 3.8) is 0 Å². The molecule has 3 rings (SSSR count). The van der Waals surface area contributed by atoms with Crippen LogP contribution in [0, 0.1) is 0 Å². The summed E-state index contributed by atoms with van der Waals surface area (Å²) in [4.78, 5) is 28.9. The van der Waals surface area contributed by atoms with Crippen molar-refractivity contribution in [1.29, 1.82) is 0 Å². The average Bonchev–Trinajstić information content (AvgIpc) is 3.17. The van der Waals surface area contributed by atoms with Gasteiger partial charge >= 0.3 is 0 Å². The Labute approximate surface area is 171 Å². The van der Waals surface area contributed by atoms with E-state index in [0.29, 0.717) is 10.9 Å². The van der Waals surface area contributed by atoms with Crippen molar-refractivity contribution in [3.05, 3.63) is 42.0 Å². The summed E-state index contributed by atoms with van der Waals surface area (Å²) in [6.07, 6.45) is 0. The maximum Gasteiger partial charge on any atom is 0.273 e. The zero-order chi connectivity index (χ0) is 20.8. The Kier molecular flexibility index (Phi) is 6.35. The van der Waals surface area contributed by atoms with E-state index in [1.807, 2.05) is 24.3 Å². The van der Waals surface area contributed by atoms with Crippen LogP contribution < -0.4 is 30.4 Å². The van der Waals surface area contributed by atoms with Gasteiger partial charge in [-0.3, -0.25) is 20.4 Å². The van der Waals surface area contributed by atoms with Gasteiger partial charge in [0.25, 0.3) is 11.8 Å². The van der Waals surface area contributed by atoms with Crippen LogP contribution in [0.3, 0.4) is 0 Å². The van der Waals surface area contributed by atoms with Gasteiger partial charge in [-0.2, -0.15) is 0 Å². The van der Waals surface area contributed by atoms with Crippen LogP contribution in [0.5, 0.6) is 17.2 Å². The van der Waals surface area contributed by atoms with Crippen molar-refractivity contribution in [2.75, 3.05) is 33.2 Å². The van der Waals surface area contributed by atoms with Crippen LogP contribution in [-0.4, -0.2) is 44.7 Å². The van der Waals surface area contributed by atoms with Crippen molar-refractivity contribution in [1.82, 2.24) is 15.8 Å². The number of methoxy groups -OCH3 is 3. The molecule has 2 aromatic carbocycles. The molecule has 9 nitrogen and oxygen atoms in total. The van der Waals surface area contributed by atoms with Crippen molar-refractivity contribution in [2.45, 2.75) is 0 Å². The van der Waals surface area contributed by atoms with E-state index in [2.05, 4.69) is 21.2 Å². The lowest BCUT2D eigenvalue weighted by Gasteiger charge is -2.15. The highest BCUT2D eigenvalue weighted by atomic mass is 32.1. The molecule has 29 heavy (non-hydrogen) atoms. The third-order valence-electron chi connectivity index (χ3n) is 3.96. The number of nitrogens with zero attached hydrogens (tertiary/aromatic N) is 1. The number of thiazole rings is 1. The third-order valence-corrected chi connectivity index (χ3v) is 4.95. The van der Waals surface area contributed by atoms with Crippen LogP contribution in [0.4, 0.5) is 5.13 Å². The number of amides is 2. The van der Waals surface area contributed by atoms with Crippen LogP contribution in [0.1, 0.15) is 10.4 Å². The molecular formula is C19H20N4O5S. The number of hydrogen-bond donors (Lipinski definition) is 3. The summed E-state index contributed by atoms with van der Waals surface area (Å²) in [5, 5.41) is 3.56. The smallest absolute Gasteiger partial charge is 0.273 e. The number of rotatable bonds is 7. The molecule has 0 saturated carbocycles. The zero-order valence-electron chi connectivity index (χ0n) is 16.1. The minimum Gasteiger partial charge on any atom is -0.493 e. The number of nitrogens with one attached hydrogen (secondary N) is 3. The first kappa shape index (κ1) is 20.2. The minimum atomic E-state index is -0.559. The molecule has 3 N–H and O–H groups in total. The fraction of sp³-hybridized carbons (Fsp3) is 0.211. The first-order valence-corrected chi connectivity index (χ1v) is 9.36. The number of carbonyl (C=O) groups excluding carboxylic acids is 2. The average molecular weight is 416 g/mol. The van der Waals surface area contributed by atoms with Gasteiger partial charge < -0.3 is 19.5 Å². The summed E-state index contributed by atoms with van der Waals surface area (Å²) < 4.78 is 16.7. The summed E-state index contributed by atoms with van der Waals surface area (Å²) in [5.74, 6) is -0.0872. The molecule has 0 radical (unpaired) electrons. The lowest BCUT2D eigenvalue weighted by atomic mass is 10.1. The quantitative estimate of drug-likeness (QED) is 0.506. The fourth-order valence-electron chi connectivity index (χ4n) is 2.62. The number of fused-ring (bicyclic) bond motifs is 1. The summed E-state index contributed by atoms with van der Waals surface area (Å²) in [6.45, 7) is -0.0524. The molecule has 152 valence electrons. The number of benzene rings is 2. The second kappa shape index (κ2) is 9.11. The molecule has 2 amide bonds. The van der Waals surface area contributed by atoms with Crippen molar-refractivity contribution >= 4 is 38.5 Å². The van der Waals surface area contributed by atoms with Crippen molar-refractivity contribution in [3.8, 4) is 17.2 Å². The molecule has 0 fully saturated rings. The molecule has 0 aliphatic carbocycles. The molecule has 3 aromatic rings. The van der Waals surface area contributed by atoms with Gasteiger partial charge in [-0.05, 0) is 24.3 Å². The number of anilines is 1. The van der Waals surface area contributed by atoms with E-state index < -0.39 is 11.8 Å². The summed E-state index contributed by atoms with van der Waals surface area (Å²) in [7, 11) is 4.34. The number of hydrogen-bond acceptors (Lipinski definition) is 8. The third kappa shape index (κ3) is 4.49. The van der Waals surface area contributed by atoms with Gasteiger partial charge in [0.1, 0.15) is 0 Å². The highest BCUT2D eigenvalue weighted by Crippen LogP contribution is 2.39. The van der Waals surface area contributed by atoms with E-state index in [0.717, 1.165) is 10.2 Å². The Hall–Kier alpha value is -3.53. The molecule has 10 heteroatoms. The van der Waals surface area contributed by atoms with Crippen LogP contribution in [0.25, 0.3) is 10.2 Å². The van der Waals surface area contributed by atoms with E-state index in [1.54, 1.807) is 6.07 Å². The summed E-state index contributed by atoms with van der Waals surface area (Å²) >= 11 is 1.44. The van der Waals surface area contributed by atoms with Crippen LogP contribution in [-0.2, 0) is 4.79 Å². The predicted octanol–water partition coefficient (Wildman–Crippen LogP) is 2.20. The normalized spacial score (nSPS) is 10.3. The lowest BCUT2D eigenvalue weighted by molar-refractivity contribution is -0.120. The Bertz CT molecular complexity index is 1000. The van der Waals surface area contributed by atoms with Crippen LogP contribution in [0.2, 0.25) is 0 Å². The molecular weight excluding hydrogens is 396 g/mol. The molecule has 1 aromatic heterocycles. The van der Waals surface area contributed by atoms with Gasteiger partial charge in [0.15, 0.2) is 16.6 Å². The number of para-hydroxylation sites is 1. The molecule has 1 heterocycles. The first-order valence-electron chi connectivity index (χ1n) is 8.55. The molecule has 0 bridgehead atoms. The lowest BCUT2D eigenvalue weighted by Crippen LogP contribution is -2.44. The Balaban J connectivity index is 1.59. The summed E-state index contributed by atoms with van der Waals surface area (Å²) in [6, 6.07) is 10.8. The number of aromatic nitrogens is 1. The molecule has 0 unspecified atom stereocenters. The molecule has 0 aliphatic rings. The van der Waals surface area contributed by atoms with Crippen molar-refractivity contribution in [2.24, 2.45) is 0 Å². The van der Waals surface area contributed by atoms with Crippen LogP contribution in [0.15, 0.2) is 36.4 Å². The second-order valence-electron chi connectivity index (χ2n) is 5.72. The highest BCUT2D eigenvalue weighted by Gasteiger charge is 2.21. The molecule has 0 spiro atoms. The molecule has 0 aliphatic heterocycles. The Morgan fingerprint density at radius 2 is 1.72 bits per heavy atom. The van der Waals surface area contributed by atoms with Gasteiger partial charge in [-0.25, -0.2) is 4.98 Å². The topological polar surface area (TPSA) is 111 Å². The SMILES string of the molecule is COc1ccc(C(=O)NNC(=O)CNc2nc3ccccc3s2)c(OC)c1OC. The number of hydrazine groups is 1. The first-order chi connectivity index (χ1) is 14.1. The van der Waals surface area contributed by atoms with Gasteiger partial charge in [-0.1, -0.05) is 23.5 Å². The van der Waals surface area contributed by atoms with E-state index in [9.17, 15) is 9.59 Å². The second-order valence-corrected chi connectivity index (χ2v) is 6.76. The van der Waals surface area contributed by atoms with E-state index in [4.69, 9.17) is 14.2 Å². The van der Waals surface area contributed by atoms with E-state index >= 15 is 0 Å². The minimum absolute atomic E-state index is 0.0524. The van der Waals surface area contributed by atoms with Gasteiger partial charge in [0.05, 0.1) is 43.7 Å². The maximum absolute atomic E-state index is 12.5. The van der Waals surface area contributed by atoms with Crippen molar-refractivity contribution < 1.29 is 23.8 Å². The zero-order valence-corrected chi connectivity index (χ0v) is 16.9. The highest BCUT2D eigenvalue weighted by molar-refractivity contribution is 7.22. The maximum atomic E-state index is 12.5. The molecule has 0 saturated heterocycles. The van der Waals surface area contributed by atoms with Gasteiger partial charge in [0, 0.05) is 0 Å².